The van der Waals surface area contributed by atoms with Gasteiger partial charge in [-0.05, 0) is 6.92 Å². The number of nitrogens with zero attached hydrogens (tertiary/aromatic N) is 6. The molecule has 4 heterocycles. The molecule has 0 bridgehead atoms. The lowest BCUT2D eigenvalue weighted by atomic mass is 10.1. The van der Waals surface area contributed by atoms with Crippen LogP contribution in [-0.4, -0.2) is 81.6 Å². The normalized spacial score (nSPS) is 24.2. The lowest BCUT2D eigenvalue weighted by Crippen LogP contribution is -2.42. The van der Waals surface area contributed by atoms with Crippen molar-refractivity contribution < 1.29 is 32.9 Å². The van der Waals surface area contributed by atoms with Crippen molar-refractivity contribution in [1.29, 1.82) is 0 Å². The zero-order chi connectivity index (χ0) is 23.0. The van der Waals surface area contributed by atoms with Gasteiger partial charge in [0.15, 0.2) is 5.69 Å². The van der Waals surface area contributed by atoms with Crippen molar-refractivity contribution in [3.8, 4) is 11.3 Å². The standard InChI is InChI=1S/C18H22F3N7O4/c1-9-12(8-29)28(17(30)32-9)13-6-11(24-16(25-13)27-2-4-31-5-3-27)10-7-23-15(22)26-14(10)18(19,20)21/h6-7,9,12,17,29-30H,2-5,8H2,1H3,(H2,22,23,26). The number of hydrogen-bond acceptors (Lipinski definition) is 11. The summed E-state index contributed by atoms with van der Waals surface area (Å²) in [5.74, 6) is -0.312. The van der Waals surface area contributed by atoms with Crippen LogP contribution in [0.25, 0.3) is 11.3 Å². The van der Waals surface area contributed by atoms with E-state index in [-0.39, 0.29) is 24.1 Å². The quantitative estimate of drug-likeness (QED) is 0.581. The molecule has 2 fully saturated rings. The zero-order valence-electron chi connectivity index (χ0n) is 17.0. The summed E-state index contributed by atoms with van der Waals surface area (Å²) in [6.07, 6.45) is -5.86. The van der Waals surface area contributed by atoms with E-state index in [0.717, 1.165) is 6.20 Å². The van der Waals surface area contributed by atoms with Gasteiger partial charge in [-0.2, -0.15) is 18.2 Å². The Balaban J connectivity index is 1.87. The molecular formula is C18H22F3N7O4. The molecule has 0 amide bonds. The number of ether oxygens (including phenoxy) is 2. The summed E-state index contributed by atoms with van der Waals surface area (Å²) in [6, 6.07) is 0.594. The van der Waals surface area contributed by atoms with E-state index in [9.17, 15) is 23.4 Å². The number of aliphatic hydroxyl groups excluding tert-OH is 2. The Bertz CT molecular complexity index is 974. The van der Waals surface area contributed by atoms with Crippen LogP contribution in [0.1, 0.15) is 12.6 Å². The van der Waals surface area contributed by atoms with Crippen LogP contribution in [0.4, 0.5) is 30.9 Å². The first kappa shape index (κ1) is 22.4. The van der Waals surface area contributed by atoms with E-state index in [0.29, 0.717) is 26.3 Å². The number of morpholine rings is 1. The molecule has 2 aromatic rings. The molecule has 0 aliphatic carbocycles. The summed E-state index contributed by atoms with van der Waals surface area (Å²) in [6.45, 7) is 2.92. The molecule has 14 heteroatoms. The molecule has 0 spiro atoms. The summed E-state index contributed by atoms with van der Waals surface area (Å²) < 4.78 is 51.7. The fourth-order valence-corrected chi connectivity index (χ4v) is 3.65. The van der Waals surface area contributed by atoms with Crippen LogP contribution in [0.3, 0.4) is 0 Å². The van der Waals surface area contributed by atoms with E-state index in [2.05, 4.69) is 19.9 Å². The number of nitrogens with two attached hydrogens (primary N) is 1. The van der Waals surface area contributed by atoms with Gasteiger partial charge in [-0.15, -0.1) is 0 Å². The minimum absolute atomic E-state index is 0.0809. The number of aliphatic hydroxyl groups is 2. The van der Waals surface area contributed by atoms with Crippen LogP contribution in [0.5, 0.6) is 0 Å². The number of rotatable bonds is 4. The molecule has 174 valence electrons. The highest BCUT2D eigenvalue weighted by Gasteiger charge is 2.41. The van der Waals surface area contributed by atoms with Gasteiger partial charge in [0.25, 0.3) is 0 Å². The highest BCUT2D eigenvalue weighted by atomic mass is 19.4. The van der Waals surface area contributed by atoms with Gasteiger partial charge in [-0.3, -0.25) is 4.90 Å². The highest BCUT2D eigenvalue weighted by molar-refractivity contribution is 5.68. The minimum Gasteiger partial charge on any atom is -0.394 e. The molecule has 3 unspecified atom stereocenters. The topological polar surface area (TPSA) is 143 Å². The van der Waals surface area contributed by atoms with Gasteiger partial charge in [0.05, 0.1) is 37.7 Å². The Morgan fingerprint density at radius 3 is 2.59 bits per heavy atom. The minimum atomic E-state index is -4.81. The Morgan fingerprint density at radius 2 is 1.94 bits per heavy atom. The maximum Gasteiger partial charge on any atom is 0.434 e. The molecule has 0 saturated carbocycles. The van der Waals surface area contributed by atoms with Crippen LogP contribution in [0.2, 0.25) is 0 Å². The Kier molecular flexibility index (Phi) is 6.03. The molecule has 4 N–H and O–H groups in total. The third-order valence-electron chi connectivity index (χ3n) is 5.27. The lowest BCUT2D eigenvalue weighted by molar-refractivity contribution is -0.140. The zero-order valence-corrected chi connectivity index (χ0v) is 17.0. The summed E-state index contributed by atoms with van der Waals surface area (Å²) >= 11 is 0. The number of hydrogen-bond donors (Lipinski definition) is 3. The van der Waals surface area contributed by atoms with Crippen molar-refractivity contribution >= 4 is 17.7 Å². The van der Waals surface area contributed by atoms with Gasteiger partial charge < -0.3 is 30.3 Å². The largest absolute Gasteiger partial charge is 0.434 e. The Labute approximate surface area is 180 Å². The molecule has 2 aliphatic heterocycles. The fourth-order valence-electron chi connectivity index (χ4n) is 3.65. The SMILES string of the molecule is CC1OC(O)N(c2cc(-c3cnc(N)nc3C(F)(F)F)nc(N3CCOCC3)n2)C1CO. The number of alkyl halides is 3. The van der Waals surface area contributed by atoms with E-state index < -0.39 is 41.9 Å². The van der Waals surface area contributed by atoms with Gasteiger partial charge in [0.2, 0.25) is 18.3 Å². The average Bonchev–Trinajstić information content (AvgIpc) is 3.06. The summed E-state index contributed by atoms with van der Waals surface area (Å²) in [4.78, 5) is 18.9. The maximum atomic E-state index is 13.7. The second kappa shape index (κ2) is 8.61. The van der Waals surface area contributed by atoms with Crippen LogP contribution in [0, 0.1) is 0 Å². The number of aromatic nitrogens is 4. The third-order valence-corrected chi connectivity index (χ3v) is 5.27. The first-order valence-electron chi connectivity index (χ1n) is 9.83. The average molecular weight is 457 g/mol. The van der Waals surface area contributed by atoms with Gasteiger partial charge in [0.1, 0.15) is 5.82 Å². The van der Waals surface area contributed by atoms with E-state index >= 15 is 0 Å². The van der Waals surface area contributed by atoms with Gasteiger partial charge >= 0.3 is 6.18 Å². The molecule has 3 atom stereocenters. The van der Waals surface area contributed by atoms with Crippen molar-refractivity contribution in [2.45, 2.75) is 31.7 Å². The molecule has 11 nitrogen and oxygen atoms in total. The summed E-state index contributed by atoms with van der Waals surface area (Å²) in [5, 5.41) is 20.2. The Morgan fingerprint density at radius 1 is 1.22 bits per heavy atom. The van der Waals surface area contributed by atoms with E-state index in [1.165, 1.54) is 11.0 Å². The summed E-state index contributed by atoms with van der Waals surface area (Å²) in [7, 11) is 0. The van der Waals surface area contributed by atoms with E-state index in [1.54, 1.807) is 11.8 Å². The molecule has 2 aliphatic rings. The molecule has 2 saturated heterocycles. The molecule has 2 aromatic heterocycles. The van der Waals surface area contributed by atoms with Gasteiger partial charge in [-0.25, -0.2) is 15.0 Å². The number of nitrogen functional groups attached to an aromatic ring is 1. The highest BCUT2D eigenvalue weighted by Crippen LogP contribution is 2.37. The number of anilines is 3. The smallest absolute Gasteiger partial charge is 0.394 e. The third kappa shape index (κ3) is 4.26. The van der Waals surface area contributed by atoms with Crippen molar-refractivity contribution in [1.82, 2.24) is 19.9 Å². The molecule has 0 radical (unpaired) electrons. The number of halogens is 3. The molecule has 4 rings (SSSR count). The Hall–Kier alpha value is -2.81. The fraction of sp³-hybridized carbons (Fsp3) is 0.556. The van der Waals surface area contributed by atoms with Crippen molar-refractivity contribution in [3.63, 3.8) is 0 Å². The monoisotopic (exact) mass is 457 g/mol. The van der Waals surface area contributed by atoms with Crippen LogP contribution < -0.4 is 15.5 Å². The van der Waals surface area contributed by atoms with Gasteiger partial charge in [0, 0.05) is 30.9 Å². The van der Waals surface area contributed by atoms with Crippen LogP contribution in [-0.2, 0) is 15.7 Å². The predicted octanol–water partition coefficient (Wildman–Crippen LogP) is 0.233. The first-order valence-corrected chi connectivity index (χ1v) is 9.83. The predicted molar refractivity (Wildman–Crippen MR) is 105 cm³/mol. The molecule has 0 aromatic carbocycles. The van der Waals surface area contributed by atoms with Gasteiger partial charge in [-0.1, -0.05) is 0 Å². The van der Waals surface area contributed by atoms with Crippen molar-refractivity contribution in [3.05, 3.63) is 18.0 Å². The van der Waals surface area contributed by atoms with Crippen molar-refractivity contribution in [2.75, 3.05) is 48.4 Å². The maximum absolute atomic E-state index is 13.7. The van der Waals surface area contributed by atoms with Crippen LogP contribution >= 0.6 is 0 Å². The second-order valence-electron chi connectivity index (χ2n) is 7.32. The molecule has 32 heavy (non-hydrogen) atoms. The van der Waals surface area contributed by atoms with Crippen molar-refractivity contribution in [2.24, 2.45) is 0 Å². The van der Waals surface area contributed by atoms with E-state index in [4.69, 9.17) is 15.2 Å². The first-order chi connectivity index (χ1) is 15.2. The van der Waals surface area contributed by atoms with E-state index in [1.807, 2.05) is 0 Å². The van der Waals surface area contributed by atoms with Crippen LogP contribution in [0.15, 0.2) is 12.3 Å². The lowest BCUT2D eigenvalue weighted by Gasteiger charge is -2.30. The summed E-state index contributed by atoms with van der Waals surface area (Å²) in [5.41, 5.74) is 3.63. The second-order valence-corrected chi connectivity index (χ2v) is 7.32. The molecular weight excluding hydrogens is 435 g/mol.